The second kappa shape index (κ2) is 62.3. The molecule has 0 heterocycles. The minimum atomic E-state index is -1.52. The standard InChI is InChI=1S/C72H125NO8/c1-6-8-10-12-14-16-18-20-22-24-26-28-30-32-33-34-35-36-37-39-40-42-44-46-48-50-52-54-56-58-60-62-69(74)79-66-68(67-80-72(71(76)77)78-65-64-73(3,4)5)81-70(75)63-61-59-57-55-53-51-49-47-45-43-41-38-31-29-27-25-23-21-19-17-15-13-11-9-7-2/h9,11,15,17-18,20-21,23-24,26-27,29,38,41,45,47,68,72H,6-8,10,12-14,16,19,22,25,28,30-37,39-40,42-44,46,48-67H2,1-5H3/p+1/b11-9-,17-15-,20-18-,23-21-,26-24-,29-27-,41-38-,47-45-. The van der Waals surface area contributed by atoms with Gasteiger partial charge in [-0.15, -0.1) is 0 Å². The Morgan fingerprint density at radius 2 is 0.704 bits per heavy atom. The fraction of sp³-hybridized carbons (Fsp3) is 0.736. The zero-order chi connectivity index (χ0) is 59.1. The lowest BCUT2D eigenvalue weighted by atomic mass is 10.0. The molecule has 0 bridgehead atoms. The van der Waals surface area contributed by atoms with Crippen LogP contribution in [0.4, 0.5) is 0 Å². The summed E-state index contributed by atoms with van der Waals surface area (Å²) in [5, 5.41) is 9.73. The maximum Gasteiger partial charge on any atom is 0.361 e. The molecule has 0 spiro atoms. The van der Waals surface area contributed by atoms with Crippen LogP contribution in [0.25, 0.3) is 0 Å². The van der Waals surface area contributed by atoms with Crippen molar-refractivity contribution in [2.75, 3.05) is 47.5 Å². The Hall–Kier alpha value is -3.79. The molecule has 0 amide bonds. The predicted molar refractivity (Wildman–Crippen MR) is 345 cm³/mol. The summed E-state index contributed by atoms with van der Waals surface area (Å²) in [5.74, 6) is -2.02. The van der Waals surface area contributed by atoms with Crippen LogP contribution in [0, 0.1) is 0 Å². The number of carboxylic acid groups (broad SMARTS) is 1. The highest BCUT2D eigenvalue weighted by Crippen LogP contribution is 2.17. The third kappa shape index (κ3) is 63.6. The number of carbonyl (C=O) groups is 3. The summed E-state index contributed by atoms with van der Waals surface area (Å²) < 4.78 is 22.9. The number of esters is 2. The van der Waals surface area contributed by atoms with Gasteiger partial charge in [0.05, 0.1) is 34.4 Å². The van der Waals surface area contributed by atoms with Gasteiger partial charge in [-0.25, -0.2) is 4.79 Å². The molecule has 0 saturated carbocycles. The summed E-state index contributed by atoms with van der Waals surface area (Å²) >= 11 is 0. The van der Waals surface area contributed by atoms with E-state index in [1.807, 2.05) is 21.1 Å². The minimum Gasteiger partial charge on any atom is -0.477 e. The number of allylic oxidation sites excluding steroid dienone is 16. The number of hydrogen-bond acceptors (Lipinski definition) is 7. The molecule has 1 N–H and O–H groups in total. The molecular weight excluding hydrogens is 1010 g/mol. The molecule has 466 valence electrons. The van der Waals surface area contributed by atoms with Crippen LogP contribution in [0.3, 0.4) is 0 Å². The fourth-order valence-corrected chi connectivity index (χ4v) is 9.23. The smallest absolute Gasteiger partial charge is 0.361 e. The van der Waals surface area contributed by atoms with Gasteiger partial charge < -0.3 is 28.5 Å². The largest absolute Gasteiger partial charge is 0.477 e. The Morgan fingerprint density at radius 3 is 1.05 bits per heavy atom. The van der Waals surface area contributed by atoms with Crippen LogP contribution < -0.4 is 0 Å². The van der Waals surface area contributed by atoms with Crippen molar-refractivity contribution in [3.05, 3.63) is 97.2 Å². The van der Waals surface area contributed by atoms with Crippen LogP contribution in [0.5, 0.6) is 0 Å². The van der Waals surface area contributed by atoms with Crippen molar-refractivity contribution in [1.82, 2.24) is 0 Å². The van der Waals surface area contributed by atoms with Crippen molar-refractivity contribution >= 4 is 17.9 Å². The first-order chi connectivity index (χ1) is 39.6. The van der Waals surface area contributed by atoms with Crippen molar-refractivity contribution in [1.29, 1.82) is 0 Å². The van der Waals surface area contributed by atoms with E-state index in [0.29, 0.717) is 23.9 Å². The van der Waals surface area contributed by atoms with Crippen molar-refractivity contribution in [2.45, 2.75) is 296 Å². The molecule has 0 rings (SSSR count). The lowest BCUT2D eigenvalue weighted by Gasteiger charge is -2.25. The third-order valence-corrected chi connectivity index (χ3v) is 14.3. The summed E-state index contributed by atoms with van der Waals surface area (Å²) in [4.78, 5) is 37.6. The molecular formula is C72H126NO8+. The van der Waals surface area contributed by atoms with Crippen LogP contribution in [-0.2, 0) is 33.3 Å². The second-order valence-electron chi connectivity index (χ2n) is 23.4. The molecule has 0 aromatic carbocycles. The van der Waals surface area contributed by atoms with Gasteiger partial charge in [-0.05, 0) is 96.3 Å². The molecule has 81 heavy (non-hydrogen) atoms. The molecule has 0 radical (unpaired) electrons. The van der Waals surface area contributed by atoms with Gasteiger partial charge in [-0.1, -0.05) is 272 Å². The van der Waals surface area contributed by atoms with Crippen molar-refractivity contribution in [3.63, 3.8) is 0 Å². The number of ether oxygens (including phenoxy) is 4. The van der Waals surface area contributed by atoms with Crippen molar-refractivity contribution in [3.8, 4) is 0 Å². The summed E-state index contributed by atoms with van der Waals surface area (Å²) in [6.45, 7) is 4.75. The molecule has 0 aliphatic rings. The summed E-state index contributed by atoms with van der Waals surface area (Å²) in [7, 11) is 5.97. The monoisotopic (exact) mass is 1130 g/mol. The van der Waals surface area contributed by atoms with E-state index in [1.54, 1.807) is 0 Å². The Morgan fingerprint density at radius 1 is 0.383 bits per heavy atom. The average Bonchev–Trinajstić information content (AvgIpc) is 3.44. The van der Waals surface area contributed by atoms with E-state index in [2.05, 4.69) is 111 Å². The Balaban J connectivity index is 4.16. The number of nitrogens with zero attached hydrogens (tertiary/aromatic N) is 1. The van der Waals surface area contributed by atoms with E-state index in [9.17, 15) is 19.5 Å². The second-order valence-corrected chi connectivity index (χ2v) is 23.4. The molecule has 0 aromatic rings. The van der Waals surface area contributed by atoms with E-state index in [4.69, 9.17) is 18.9 Å². The van der Waals surface area contributed by atoms with E-state index >= 15 is 0 Å². The van der Waals surface area contributed by atoms with Crippen molar-refractivity contribution in [2.24, 2.45) is 0 Å². The number of hydrogen-bond donors (Lipinski definition) is 1. The number of quaternary nitrogens is 1. The number of aliphatic carboxylic acids is 1. The predicted octanol–water partition coefficient (Wildman–Crippen LogP) is 20.5. The molecule has 2 unspecified atom stereocenters. The lowest BCUT2D eigenvalue weighted by molar-refractivity contribution is -0.870. The summed E-state index contributed by atoms with van der Waals surface area (Å²) in [6.07, 6.45) is 82.2. The molecule has 2 atom stereocenters. The number of carbonyl (C=O) groups excluding carboxylic acids is 2. The van der Waals surface area contributed by atoms with Gasteiger partial charge in [-0.2, -0.15) is 0 Å². The quantitative estimate of drug-likeness (QED) is 0.0211. The minimum absolute atomic E-state index is 0.181. The zero-order valence-electron chi connectivity index (χ0n) is 53.2. The van der Waals surface area contributed by atoms with Crippen LogP contribution in [-0.4, -0.2) is 87.4 Å². The average molecular weight is 1130 g/mol. The van der Waals surface area contributed by atoms with Gasteiger partial charge in [0.2, 0.25) is 0 Å². The highest BCUT2D eigenvalue weighted by atomic mass is 16.7. The summed E-state index contributed by atoms with van der Waals surface area (Å²) in [5.41, 5.74) is 0. The highest BCUT2D eigenvalue weighted by molar-refractivity contribution is 5.71. The highest BCUT2D eigenvalue weighted by Gasteiger charge is 2.25. The first-order valence-electron chi connectivity index (χ1n) is 33.4. The van der Waals surface area contributed by atoms with Crippen LogP contribution in [0.1, 0.15) is 284 Å². The van der Waals surface area contributed by atoms with Crippen LogP contribution in [0.2, 0.25) is 0 Å². The number of likely N-dealkylation sites (N-methyl/N-ethyl adjacent to an activating group) is 1. The van der Waals surface area contributed by atoms with E-state index < -0.39 is 24.3 Å². The van der Waals surface area contributed by atoms with Crippen LogP contribution >= 0.6 is 0 Å². The van der Waals surface area contributed by atoms with Gasteiger partial charge in [-0.3, -0.25) is 9.59 Å². The molecule has 0 aromatic heterocycles. The molecule has 0 aliphatic carbocycles. The third-order valence-electron chi connectivity index (χ3n) is 14.3. The molecule has 9 heteroatoms. The zero-order valence-corrected chi connectivity index (χ0v) is 53.2. The lowest BCUT2D eigenvalue weighted by Crippen LogP contribution is -2.40. The van der Waals surface area contributed by atoms with E-state index in [0.717, 1.165) is 103 Å². The van der Waals surface area contributed by atoms with Gasteiger partial charge in [0.1, 0.15) is 13.2 Å². The van der Waals surface area contributed by atoms with Gasteiger partial charge in [0.25, 0.3) is 6.29 Å². The van der Waals surface area contributed by atoms with Gasteiger partial charge >= 0.3 is 17.9 Å². The number of unbranched alkanes of at least 4 members (excludes halogenated alkanes) is 30. The maximum absolute atomic E-state index is 12.9. The first-order valence-corrected chi connectivity index (χ1v) is 33.4. The molecule has 0 aliphatic heterocycles. The fourth-order valence-electron chi connectivity index (χ4n) is 9.23. The molecule has 0 fully saturated rings. The Bertz CT molecular complexity index is 1650. The molecule has 9 nitrogen and oxygen atoms in total. The summed E-state index contributed by atoms with van der Waals surface area (Å²) in [6, 6.07) is 0. The normalized spacial score (nSPS) is 13.3. The first kappa shape index (κ1) is 77.2. The Kier molecular flexibility index (Phi) is 59.3. The van der Waals surface area contributed by atoms with Crippen molar-refractivity contribution < 1.29 is 42.9 Å². The van der Waals surface area contributed by atoms with E-state index in [-0.39, 0.29) is 32.2 Å². The number of carboxylic acids is 1. The molecule has 0 saturated heterocycles. The van der Waals surface area contributed by atoms with Gasteiger partial charge in [0.15, 0.2) is 6.10 Å². The SMILES string of the molecule is CC/C=C\C/C=C\C/C=C\C/C=C\C/C=C\C/C=C\CCCCCCCCC(=O)OC(COC(=O)CCCCCCCCCCCCCCCCCCCCC/C=C\C/C=C\CCCCCCC)COC(OCC[N+](C)(C)C)C(=O)O. The van der Waals surface area contributed by atoms with E-state index in [1.165, 1.54) is 148 Å². The number of rotatable bonds is 61. The topological polar surface area (TPSA) is 108 Å². The van der Waals surface area contributed by atoms with Gasteiger partial charge in [0, 0.05) is 12.8 Å². The van der Waals surface area contributed by atoms with Crippen LogP contribution in [0.15, 0.2) is 97.2 Å². The Labute approximate surface area is 499 Å². The maximum atomic E-state index is 12.9.